The summed E-state index contributed by atoms with van der Waals surface area (Å²) >= 11 is 0. The largest absolute Gasteiger partial charge is 0.306 e. The predicted octanol–water partition coefficient (Wildman–Crippen LogP) is 8.23. The van der Waals surface area contributed by atoms with Gasteiger partial charge in [0.1, 0.15) is 34.3 Å². The van der Waals surface area contributed by atoms with Crippen molar-refractivity contribution in [3.05, 3.63) is 143 Å². The number of nitrogens with zero attached hydrogens (tertiary/aromatic N) is 2. The molecule has 2 atom stereocenters. The predicted molar refractivity (Wildman–Crippen MR) is 173 cm³/mol. The second kappa shape index (κ2) is 11.6. The number of rotatable bonds is 6. The fourth-order valence-corrected chi connectivity index (χ4v) is 12.4. The molecule has 2 aliphatic heterocycles. The van der Waals surface area contributed by atoms with Gasteiger partial charge in [-0.3, -0.25) is 0 Å². The summed E-state index contributed by atoms with van der Waals surface area (Å²) in [5.41, 5.74) is 1.82. The van der Waals surface area contributed by atoms with Crippen molar-refractivity contribution in [2.24, 2.45) is 11.8 Å². The molecule has 9 heteroatoms. The van der Waals surface area contributed by atoms with Gasteiger partial charge in [0, 0.05) is 14.1 Å². The molecular weight excluding hydrogens is 595 g/mol. The van der Waals surface area contributed by atoms with E-state index in [2.05, 4.69) is 61.3 Å². The van der Waals surface area contributed by atoms with Gasteiger partial charge in [-0.2, -0.15) is 0 Å². The van der Waals surface area contributed by atoms with Crippen LogP contribution in [0.15, 0.2) is 97.1 Å². The van der Waals surface area contributed by atoms with Crippen LogP contribution in [0, 0.1) is 35.1 Å². The summed E-state index contributed by atoms with van der Waals surface area (Å²) in [4.78, 5) is 0. The average molecular weight is 636 g/mol. The molecule has 2 heterocycles. The van der Waals surface area contributed by atoms with Gasteiger partial charge in [0.25, 0.3) is 0 Å². The number of likely N-dealkylation sites (N-methyl/N-ethyl adjacent to an activating group) is 2. The van der Waals surface area contributed by atoms with E-state index in [0.29, 0.717) is 0 Å². The Labute approximate surface area is 264 Å². The number of hydrogen-bond donors (Lipinski definition) is 2. The standard InChI is InChI=1S/C36H40F4N4P/c1-23(2)33-35(25-7-15-29(37)16-8-25,26-9-17-30(38)18-10-26)43(5)45(41-33)42-34(24(3)4)36(44(45)6,27-11-19-31(39)20-12-27)28-13-21-32(40)22-14-28/h7-24,33-34,41-42H,1-6H3/q+1/t33-,34-,45?/m0/s1. The molecular formula is C36H40F4N4P+. The molecule has 0 radical (unpaired) electrons. The van der Waals surface area contributed by atoms with Crippen LogP contribution in [0.4, 0.5) is 17.6 Å². The van der Waals surface area contributed by atoms with Gasteiger partial charge in [0.2, 0.25) is 0 Å². The minimum Gasteiger partial charge on any atom is -0.207 e. The molecule has 0 saturated carbocycles. The first kappa shape index (κ1) is 31.8. The molecule has 0 unspecified atom stereocenters. The van der Waals surface area contributed by atoms with E-state index < -0.39 is 18.9 Å². The molecule has 4 aromatic carbocycles. The van der Waals surface area contributed by atoms with Gasteiger partial charge in [0.15, 0.2) is 0 Å². The lowest BCUT2D eigenvalue weighted by Gasteiger charge is -2.43. The Balaban J connectivity index is 1.66. The first-order valence-corrected chi connectivity index (χ1v) is 17.1. The zero-order chi connectivity index (χ0) is 32.3. The van der Waals surface area contributed by atoms with E-state index in [0.717, 1.165) is 22.3 Å². The van der Waals surface area contributed by atoms with Crippen LogP contribution in [0.1, 0.15) is 49.9 Å². The fraction of sp³-hybridized carbons (Fsp3) is 0.333. The van der Waals surface area contributed by atoms with E-state index >= 15 is 0 Å². The highest BCUT2D eigenvalue weighted by molar-refractivity contribution is 7.68. The van der Waals surface area contributed by atoms with Crippen molar-refractivity contribution in [1.29, 1.82) is 0 Å². The highest BCUT2D eigenvalue weighted by Gasteiger charge is 2.78. The molecule has 2 aliphatic rings. The second-order valence-electron chi connectivity index (χ2n) is 12.9. The maximum Gasteiger partial charge on any atom is 0.306 e. The molecule has 4 aromatic rings. The Hall–Kier alpha value is -3.13. The van der Waals surface area contributed by atoms with Gasteiger partial charge in [-0.25, -0.2) is 17.6 Å². The van der Waals surface area contributed by atoms with Crippen LogP contribution in [-0.2, 0) is 11.1 Å². The molecule has 0 aromatic heterocycles. The minimum absolute atomic E-state index is 0.0845. The third-order valence-electron chi connectivity index (χ3n) is 9.90. The summed E-state index contributed by atoms with van der Waals surface area (Å²) in [6, 6.07) is 25.9. The lowest BCUT2D eigenvalue weighted by Crippen LogP contribution is -2.51. The zero-order valence-electron chi connectivity index (χ0n) is 26.4. The van der Waals surface area contributed by atoms with Gasteiger partial charge in [-0.15, -0.1) is 19.5 Å². The lowest BCUT2D eigenvalue weighted by atomic mass is 9.73. The van der Waals surface area contributed by atoms with Crippen LogP contribution in [0.5, 0.6) is 0 Å². The number of benzene rings is 4. The summed E-state index contributed by atoms with van der Waals surface area (Å²) in [5.74, 6) is -1.18. The van der Waals surface area contributed by atoms with Crippen molar-refractivity contribution in [1.82, 2.24) is 19.5 Å². The van der Waals surface area contributed by atoms with E-state index in [1.807, 2.05) is 48.5 Å². The SMILES string of the molecule is CC(C)[C@@H]1N[P+]2(N[C@@H](C(C)C)C(c3ccc(F)cc3)(c3ccc(F)cc3)N2C)N(C)C1(c1ccc(F)cc1)c1ccc(F)cc1. The molecule has 0 amide bonds. The quantitative estimate of drug-likeness (QED) is 0.165. The zero-order valence-corrected chi connectivity index (χ0v) is 27.3. The van der Waals surface area contributed by atoms with E-state index in [4.69, 9.17) is 0 Å². The normalized spacial score (nSPS) is 22.6. The molecule has 6 rings (SSSR count). The van der Waals surface area contributed by atoms with E-state index in [1.165, 1.54) is 48.5 Å². The van der Waals surface area contributed by atoms with Crippen molar-refractivity contribution in [2.75, 3.05) is 14.1 Å². The van der Waals surface area contributed by atoms with Gasteiger partial charge < -0.3 is 0 Å². The molecule has 45 heavy (non-hydrogen) atoms. The molecule has 236 valence electrons. The number of halogens is 4. The van der Waals surface area contributed by atoms with Crippen molar-refractivity contribution < 1.29 is 17.6 Å². The average Bonchev–Trinajstić information content (AvgIpc) is 3.44. The Morgan fingerprint density at radius 2 is 0.711 bits per heavy atom. The van der Waals surface area contributed by atoms with Gasteiger partial charge >= 0.3 is 7.87 Å². The van der Waals surface area contributed by atoms with Crippen LogP contribution in [-0.4, -0.2) is 35.5 Å². The number of nitrogens with one attached hydrogen (secondary N) is 2. The topological polar surface area (TPSA) is 30.5 Å². The molecule has 2 saturated heterocycles. The molecule has 4 nitrogen and oxygen atoms in total. The van der Waals surface area contributed by atoms with Gasteiger partial charge in [-0.1, -0.05) is 76.2 Å². The first-order valence-electron chi connectivity index (χ1n) is 15.4. The second-order valence-corrected chi connectivity index (χ2v) is 15.8. The smallest absolute Gasteiger partial charge is 0.207 e. The Kier molecular flexibility index (Phi) is 8.20. The van der Waals surface area contributed by atoms with Gasteiger partial charge in [0.05, 0.1) is 12.1 Å². The maximum absolute atomic E-state index is 14.4. The van der Waals surface area contributed by atoms with Crippen molar-refractivity contribution in [3.63, 3.8) is 0 Å². The Morgan fingerprint density at radius 1 is 0.489 bits per heavy atom. The maximum atomic E-state index is 14.4. The van der Waals surface area contributed by atoms with Crippen molar-refractivity contribution in [2.45, 2.75) is 50.9 Å². The van der Waals surface area contributed by atoms with E-state index in [-0.39, 0.29) is 47.2 Å². The van der Waals surface area contributed by atoms with Crippen LogP contribution in [0.25, 0.3) is 0 Å². The highest BCUT2D eigenvalue weighted by atomic mass is 31.2. The van der Waals surface area contributed by atoms with Crippen LogP contribution >= 0.6 is 7.87 Å². The van der Waals surface area contributed by atoms with E-state index in [9.17, 15) is 17.6 Å². The third kappa shape index (κ3) is 4.68. The van der Waals surface area contributed by atoms with Crippen LogP contribution < -0.4 is 10.2 Å². The van der Waals surface area contributed by atoms with Crippen molar-refractivity contribution >= 4 is 7.87 Å². The molecule has 2 fully saturated rings. The Morgan fingerprint density at radius 3 is 0.911 bits per heavy atom. The monoisotopic (exact) mass is 635 g/mol. The van der Waals surface area contributed by atoms with Crippen molar-refractivity contribution in [3.8, 4) is 0 Å². The van der Waals surface area contributed by atoms with Gasteiger partial charge in [-0.05, 0) is 82.6 Å². The third-order valence-corrected chi connectivity index (χ3v) is 13.5. The molecule has 0 bridgehead atoms. The Bertz CT molecular complexity index is 1430. The summed E-state index contributed by atoms with van der Waals surface area (Å²) in [6.45, 7) is 8.60. The molecule has 1 spiro atoms. The van der Waals surface area contributed by atoms with Crippen LogP contribution in [0.2, 0.25) is 0 Å². The molecule has 0 aliphatic carbocycles. The first-order chi connectivity index (χ1) is 21.4. The summed E-state index contributed by atoms with van der Waals surface area (Å²) in [7, 11) is 1.38. The summed E-state index contributed by atoms with van der Waals surface area (Å²) < 4.78 is 62.3. The van der Waals surface area contributed by atoms with Crippen LogP contribution in [0.3, 0.4) is 0 Å². The summed E-state index contributed by atoms with van der Waals surface area (Å²) in [6.07, 6.45) is 0. The highest BCUT2D eigenvalue weighted by Crippen LogP contribution is 2.76. The number of hydrogen-bond acceptors (Lipinski definition) is 4. The lowest BCUT2D eigenvalue weighted by molar-refractivity contribution is 0.203. The summed E-state index contributed by atoms with van der Waals surface area (Å²) in [5, 5.41) is 8.20. The molecule has 2 N–H and O–H groups in total. The minimum atomic E-state index is -2.76. The van der Waals surface area contributed by atoms with E-state index in [1.54, 1.807) is 0 Å². The fourth-order valence-electron chi connectivity index (χ4n) is 7.90.